The monoisotopic (exact) mass is 575 g/mol. The largest absolute Gasteiger partial charge is 0.497 e. The lowest BCUT2D eigenvalue weighted by molar-refractivity contribution is -0.113. The predicted octanol–water partition coefficient (Wildman–Crippen LogP) is 5.85. The number of carbonyl (C=O) groups is 1. The predicted molar refractivity (Wildman–Crippen MR) is 156 cm³/mol. The molecule has 41 heavy (non-hydrogen) atoms. The van der Waals surface area contributed by atoms with Crippen LogP contribution in [0.2, 0.25) is 5.02 Å². The number of nitrogens with zero attached hydrogens (tertiary/aromatic N) is 3. The Morgan fingerprint density at radius 1 is 1.02 bits per heavy atom. The fraction of sp³-hybridized carbons (Fsp3) is 0.233. The number of aromatic nitrogens is 3. The number of allylic oxidation sites excluding steroid dienone is 1. The van der Waals surface area contributed by atoms with Gasteiger partial charge in [-0.15, -0.1) is 0 Å². The second kappa shape index (κ2) is 12.2. The maximum Gasteiger partial charge on any atom is 0.255 e. The number of fused-ring (bicyclic) bond motifs is 1. The molecule has 3 aromatic carbocycles. The first-order valence-electron chi connectivity index (χ1n) is 13.0. The van der Waals surface area contributed by atoms with Crippen LogP contribution in [-0.4, -0.2) is 41.5 Å². The summed E-state index contributed by atoms with van der Waals surface area (Å²) in [4.78, 5) is 18.2. The fourth-order valence-corrected chi connectivity index (χ4v) is 4.84. The molecular weight excluding hydrogens is 546 g/mol. The van der Waals surface area contributed by atoms with Crippen molar-refractivity contribution in [3.05, 3.63) is 94.4 Å². The first-order valence-corrected chi connectivity index (χ1v) is 13.3. The quantitative estimate of drug-likeness (QED) is 0.242. The van der Waals surface area contributed by atoms with Crippen LogP contribution in [0.1, 0.15) is 31.0 Å². The van der Waals surface area contributed by atoms with Gasteiger partial charge in [0.05, 0.1) is 32.1 Å². The Labute approximate surface area is 242 Å². The molecule has 11 heteroatoms. The highest BCUT2D eigenvalue weighted by atomic mass is 35.5. The highest BCUT2D eigenvalue weighted by Crippen LogP contribution is 2.40. The van der Waals surface area contributed by atoms with Crippen LogP contribution in [0, 0.1) is 0 Å². The lowest BCUT2D eigenvalue weighted by atomic mass is 9.94. The van der Waals surface area contributed by atoms with Gasteiger partial charge >= 0.3 is 0 Å². The summed E-state index contributed by atoms with van der Waals surface area (Å²) in [5.74, 6) is 2.33. The molecule has 0 bridgehead atoms. The molecule has 5 rings (SSSR count). The van der Waals surface area contributed by atoms with E-state index < -0.39 is 6.04 Å². The lowest BCUT2D eigenvalue weighted by Gasteiger charge is -2.29. The van der Waals surface area contributed by atoms with E-state index in [0.717, 1.165) is 11.1 Å². The molecular formula is C30H30ClN5O5. The summed E-state index contributed by atoms with van der Waals surface area (Å²) >= 11 is 6.32. The Kier molecular flexibility index (Phi) is 8.30. The van der Waals surface area contributed by atoms with Crippen molar-refractivity contribution in [3.8, 4) is 23.0 Å². The van der Waals surface area contributed by atoms with E-state index in [-0.39, 0.29) is 12.5 Å². The van der Waals surface area contributed by atoms with E-state index in [2.05, 4.69) is 20.7 Å². The summed E-state index contributed by atoms with van der Waals surface area (Å²) in [7, 11) is 3.10. The van der Waals surface area contributed by atoms with E-state index in [9.17, 15) is 4.79 Å². The molecule has 2 heterocycles. The smallest absolute Gasteiger partial charge is 0.255 e. The molecule has 2 N–H and O–H groups in total. The van der Waals surface area contributed by atoms with E-state index >= 15 is 0 Å². The summed E-state index contributed by atoms with van der Waals surface area (Å²) in [6, 6.07) is 17.7. The Balaban J connectivity index is 1.51. The summed E-state index contributed by atoms with van der Waals surface area (Å²) in [6.45, 7) is 4.42. The highest BCUT2D eigenvalue weighted by molar-refractivity contribution is 6.31. The van der Waals surface area contributed by atoms with Crippen LogP contribution in [0.4, 0.5) is 11.6 Å². The van der Waals surface area contributed by atoms with Gasteiger partial charge in [0.1, 0.15) is 30.5 Å². The number of benzene rings is 3. The minimum absolute atomic E-state index is 0.273. The first-order chi connectivity index (χ1) is 19.9. The second-order valence-electron chi connectivity index (χ2n) is 9.13. The number of nitrogens with one attached hydrogen (secondary N) is 2. The van der Waals surface area contributed by atoms with Gasteiger partial charge in [-0.2, -0.15) is 10.1 Å². The van der Waals surface area contributed by atoms with Crippen LogP contribution in [0.25, 0.3) is 0 Å². The fourth-order valence-electron chi connectivity index (χ4n) is 4.65. The number of anilines is 2. The van der Waals surface area contributed by atoms with Crippen LogP contribution >= 0.6 is 11.6 Å². The van der Waals surface area contributed by atoms with Crippen molar-refractivity contribution in [1.82, 2.24) is 14.8 Å². The van der Waals surface area contributed by atoms with Crippen molar-refractivity contribution >= 4 is 29.1 Å². The minimum atomic E-state index is -0.609. The van der Waals surface area contributed by atoms with Crippen LogP contribution in [-0.2, 0) is 11.4 Å². The Morgan fingerprint density at radius 3 is 2.59 bits per heavy atom. The van der Waals surface area contributed by atoms with Gasteiger partial charge in [0.25, 0.3) is 5.91 Å². The molecule has 10 nitrogen and oxygen atoms in total. The molecule has 212 valence electrons. The molecule has 1 aliphatic heterocycles. The second-order valence-corrected chi connectivity index (χ2v) is 9.54. The number of amides is 1. The number of halogens is 1. The van der Waals surface area contributed by atoms with Gasteiger partial charge in [-0.1, -0.05) is 35.9 Å². The van der Waals surface area contributed by atoms with Crippen molar-refractivity contribution in [3.63, 3.8) is 0 Å². The molecule has 1 aliphatic rings. The van der Waals surface area contributed by atoms with Crippen LogP contribution < -0.4 is 29.6 Å². The van der Waals surface area contributed by atoms with Crippen molar-refractivity contribution in [1.29, 1.82) is 0 Å². The van der Waals surface area contributed by atoms with Gasteiger partial charge in [-0.05, 0) is 49.7 Å². The van der Waals surface area contributed by atoms with Gasteiger partial charge < -0.3 is 29.6 Å². The summed E-state index contributed by atoms with van der Waals surface area (Å²) in [5.41, 5.74) is 3.16. The van der Waals surface area contributed by atoms with E-state index in [0.29, 0.717) is 57.5 Å². The van der Waals surface area contributed by atoms with Crippen molar-refractivity contribution < 1.29 is 23.7 Å². The maximum absolute atomic E-state index is 13.9. The minimum Gasteiger partial charge on any atom is -0.497 e. The molecule has 0 radical (unpaired) electrons. The lowest BCUT2D eigenvalue weighted by Crippen LogP contribution is -2.31. The normalized spacial score (nSPS) is 14.1. The third kappa shape index (κ3) is 5.78. The molecule has 0 fully saturated rings. The summed E-state index contributed by atoms with van der Waals surface area (Å²) in [6.07, 6.45) is 1.44. The van der Waals surface area contributed by atoms with Gasteiger partial charge in [0, 0.05) is 22.3 Å². The number of hydrogen-bond donors (Lipinski definition) is 2. The van der Waals surface area contributed by atoms with Gasteiger partial charge in [0.2, 0.25) is 5.95 Å². The third-order valence-corrected chi connectivity index (χ3v) is 6.99. The Bertz CT molecular complexity index is 1600. The highest BCUT2D eigenvalue weighted by Gasteiger charge is 2.34. The number of methoxy groups -OCH3 is 2. The number of ether oxygens (including phenoxy) is 4. The summed E-state index contributed by atoms with van der Waals surface area (Å²) in [5, 5.41) is 11.2. The number of carbonyl (C=O) groups excluding carboxylic acids is 1. The number of hydrogen-bond acceptors (Lipinski definition) is 8. The summed E-state index contributed by atoms with van der Waals surface area (Å²) < 4.78 is 24.5. The standard InChI is InChI=1S/C30H30ClN5O5/c1-5-40-26-14-19(10-12-25(26)41-16-20-8-6-7-9-22(20)31)28-27(18(2)34-30-32-17-33-36(28)30)29(37)35-23-15-21(38-3)11-13-24(23)39-4/h6-15,17,28H,5,16H2,1-4H3,(H,35,37)(H,32,33,34)/t28-/m0/s1. The first kappa shape index (κ1) is 27.9. The van der Waals surface area contributed by atoms with Gasteiger partial charge in [0.15, 0.2) is 11.5 Å². The zero-order chi connectivity index (χ0) is 28.9. The molecule has 1 aromatic heterocycles. The SMILES string of the molecule is CCOc1cc([C@H]2C(C(=O)Nc3cc(OC)ccc3OC)=C(C)Nc3ncnn32)ccc1OCc1ccccc1Cl. The van der Waals surface area contributed by atoms with Crippen LogP contribution in [0.15, 0.2) is 78.3 Å². The number of rotatable bonds is 10. The third-order valence-electron chi connectivity index (χ3n) is 6.62. The van der Waals surface area contributed by atoms with Crippen LogP contribution in [0.5, 0.6) is 23.0 Å². The Morgan fingerprint density at radius 2 is 1.83 bits per heavy atom. The molecule has 1 atom stereocenters. The molecule has 0 spiro atoms. The zero-order valence-corrected chi connectivity index (χ0v) is 23.9. The topological polar surface area (TPSA) is 109 Å². The Hall–Kier alpha value is -4.70. The average Bonchev–Trinajstić information content (AvgIpc) is 3.44. The van der Waals surface area contributed by atoms with E-state index in [4.69, 9.17) is 30.5 Å². The van der Waals surface area contributed by atoms with Gasteiger partial charge in [-0.25, -0.2) is 4.68 Å². The van der Waals surface area contributed by atoms with Crippen LogP contribution in [0.3, 0.4) is 0 Å². The average molecular weight is 576 g/mol. The molecule has 1 amide bonds. The maximum atomic E-state index is 13.9. The zero-order valence-electron chi connectivity index (χ0n) is 23.1. The van der Waals surface area contributed by atoms with Crippen molar-refractivity contribution in [2.24, 2.45) is 0 Å². The van der Waals surface area contributed by atoms with Crippen molar-refractivity contribution in [2.45, 2.75) is 26.5 Å². The van der Waals surface area contributed by atoms with E-state index in [1.807, 2.05) is 56.3 Å². The van der Waals surface area contributed by atoms with Crippen molar-refractivity contribution in [2.75, 3.05) is 31.5 Å². The van der Waals surface area contributed by atoms with Gasteiger partial charge in [-0.3, -0.25) is 4.79 Å². The molecule has 0 unspecified atom stereocenters. The molecule has 4 aromatic rings. The van der Waals surface area contributed by atoms with E-state index in [1.165, 1.54) is 6.33 Å². The van der Waals surface area contributed by atoms with E-state index in [1.54, 1.807) is 37.1 Å². The molecule has 0 saturated heterocycles. The molecule has 0 saturated carbocycles. The molecule has 0 aliphatic carbocycles.